The van der Waals surface area contributed by atoms with Crippen molar-refractivity contribution in [1.82, 2.24) is 9.88 Å². The molecule has 0 amide bonds. The van der Waals surface area contributed by atoms with Gasteiger partial charge in [-0.25, -0.2) is 0 Å². The van der Waals surface area contributed by atoms with Gasteiger partial charge in [0, 0.05) is 39.0 Å². The van der Waals surface area contributed by atoms with Gasteiger partial charge in [0.15, 0.2) is 18.1 Å². The molecule has 0 saturated heterocycles. The number of likely N-dealkylation sites (N-methyl/N-ethyl adjacent to an activating group) is 1. The molecule has 0 saturated carbocycles. The van der Waals surface area contributed by atoms with Crippen molar-refractivity contribution < 1.29 is 19.0 Å². The van der Waals surface area contributed by atoms with Crippen LogP contribution in [0.15, 0.2) is 53.0 Å². The molecule has 0 radical (unpaired) electrons. The van der Waals surface area contributed by atoms with Crippen LogP contribution in [0.2, 0.25) is 0 Å². The minimum absolute atomic E-state index is 0.417. The first-order valence-electron chi connectivity index (χ1n) is 11.0. The summed E-state index contributed by atoms with van der Waals surface area (Å²) in [5.74, 6) is 2.13. The zero-order chi connectivity index (χ0) is 23.7. The summed E-state index contributed by atoms with van der Waals surface area (Å²) in [5.41, 5.74) is 5.68. The van der Waals surface area contributed by atoms with Crippen molar-refractivity contribution in [2.24, 2.45) is 5.16 Å². The van der Waals surface area contributed by atoms with E-state index in [1.54, 1.807) is 25.6 Å². The number of aromatic nitrogens is 1. The summed E-state index contributed by atoms with van der Waals surface area (Å²) in [6.45, 7) is 1.88. The van der Waals surface area contributed by atoms with Crippen molar-refractivity contribution in [3.05, 3.63) is 63.8 Å². The van der Waals surface area contributed by atoms with E-state index in [4.69, 9.17) is 19.0 Å². The van der Waals surface area contributed by atoms with Crippen LogP contribution in [-0.2, 0) is 11.4 Å². The number of fused-ring (bicyclic) bond motifs is 5. The van der Waals surface area contributed by atoms with Gasteiger partial charge in [-0.05, 0) is 55.9 Å². The van der Waals surface area contributed by atoms with Crippen LogP contribution >= 0.6 is 11.3 Å². The van der Waals surface area contributed by atoms with E-state index in [1.807, 2.05) is 55.9 Å². The molecule has 0 unspecified atom stereocenters. The lowest BCUT2D eigenvalue weighted by molar-refractivity contribution is 0.133. The molecule has 34 heavy (non-hydrogen) atoms. The van der Waals surface area contributed by atoms with Crippen molar-refractivity contribution in [3.8, 4) is 28.5 Å². The second kappa shape index (κ2) is 9.40. The lowest BCUT2D eigenvalue weighted by Gasteiger charge is -2.12. The van der Waals surface area contributed by atoms with Crippen LogP contribution in [0, 0.1) is 0 Å². The molecule has 0 spiro atoms. The Hall–Kier alpha value is -3.49. The minimum atomic E-state index is 0.417. The Labute approximate surface area is 202 Å². The maximum absolute atomic E-state index is 6.00. The average molecular weight is 478 g/mol. The van der Waals surface area contributed by atoms with E-state index >= 15 is 0 Å². The van der Waals surface area contributed by atoms with E-state index in [0.29, 0.717) is 24.7 Å². The fourth-order valence-electron chi connectivity index (χ4n) is 4.12. The van der Waals surface area contributed by atoms with Gasteiger partial charge in [0.25, 0.3) is 0 Å². The summed E-state index contributed by atoms with van der Waals surface area (Å²) in [6.07, 6.45) is 0. The smallest absolute Gasteiger partial charge is 0.161 e. The van der Waals surface area contributed by atoms with Gasteiger partial charge in [-0.3, -0.25) is 0 Å². The number of oxime groups is 1. The van der Waals surface area contributed by atoms with Gasteiger partial charge in [-0.15, -0.1) is 11.3 Å². The van der Waals surface area contributed by atoms with Crippen LogP contribution in [0.25, 0.3) is 22.2 Å². The van der Waals surface area contributed by atoms with Crippen LogP contribution in [-0.4, -0.2) is 57.1 Å². The third-order valence-corrected chi connectivity index (χ3v) is 6.65. The third-order valence-electron chi connectivity index (χ3n) is 5.80. The normalized spacial score (nSPS) is 13.4. The Morgan fingerprint density at radius 1 is 1.00 bits per heavy atom. The molecule has 1 N–H and O–H groups in total. The van der Waals surface area contributed by atoms with E-state index < -0.39 is 0 Å². The van der Waals surface area contributed by atoms with Crippen LogP contribution in [0.1, 0.15) is 16.0 Å². The molecule has 2 aromatic heterocycles. The first-order chi connectivity index (χ1) is 16.6. The molecule has 7 nitrogen and oxygen atoms in total. The first-order valence-corrected chi connectivity index (χ1v) is 11.9. The predicted molar refractivity (Wildman–Crippen MR) is 136 cm³/mol. The molecule has 2 heterocycles. The lowest BCUT2D eigenvalue weighted by Crippen LogP contribution is -2.19. The number of rotatable bonds is 9. The van der Waals surface area contributed by atoms with Gasteiger partial charge in [-0.2, -0.15) is 0 Å². The second-order valence-electron chi connectivity index (χ2n) is 8.28. The minimum Gasteiger partial charge on any atom is -0.493 e. The quantitative estimate of drug-likeness (QED) is 0.298. The number of benzene rings is 2. The SMILES string of the molecule is COc1cc2c(cc1OC)-c1[nH]c3ccc(OCCN(C)C)cc3c1/C2=N\OCc1cccs1. The number of H-pyrrole nitrogens is 1. The number of hydrogen-bond donors (Lipinski definition) is 1. The molecule has 2 aromatic carbocycles. The maximum Gasteiger partial charge on any atom is 0.161 e. The summed E-state index contributed by atoms with van der Waals surface area (Å²) < 4.78 is 17.1. The standard InChI is InChI=1S/C26H27N3O4S/c1-29(2)9-10-32-16-7-8-21-20(12-16)24-25(27-21)18-13-22(30-3)23(31-4)14-19(18)26(24)28-33-15-17-6-5-11-34-17/h5-8,11-14,27H,9-10,15H2,1-4H3/b28-26-. The van der Waals surface area contributed by atoms with E-state index in [1.165, 1.54) is 0 Å². The highest BCUT2D eigenvalue weighted by Crippen LogP contribution is 2.46. The fraction of sp³-hybridized carbons (Fsp3) is 0.269. The number of aromatic amines is 1. The number of hydrogen-bond acceptors (Lipinski definition) is 7. The molecule has 4 aromatic rings. The fourth-order valence-corrected chi connectivity index (χ4v) is 4.73. The predicted octanol–water partition coefficient (Wildman–Crippen LogP) is 5.14. The monoisotopic (exact) mass is 477 g/mol. The third kappa shape index (κ3) is 4.10. The molecule has 0 bridgehead atoms. The summed E-state index contributed by atoms with van der Waals surface area (Å²) in [5, 5.41) is 7.67. The number of nitrogens with zero attached hydrogens (tertiary/aromatic N) is 2. The van der Waals surface area contributed by atoms with Gasteiger partial charge in [0.1, 0.15) is 18.1 Å². The number of methoxy groups -OCH3 is 2. The molecule has 1 aliphatic rings. The molecule has 1 aliphatic carbocycles. The van der Waals surface area contributed by atoms with Gasteiger partial charge in [-0.1, -0.05) is 11.2 Å². The van der Waals surface area contributed by atoms with Crippen LogP contribution in [0.4, 0.5) is 0 Å². The molecule has 0 atom stereocenters. The molecule has 0 aliphatic heterocycles. The Bertz CT molecular complexity index is 1340. The Balaban J connectivity index is 1.59. The summed E-state index contributed by atoms with van der Waals surface area (Å²) in [6, 6.07) is 14.1. The highest BCUT2D eigenvalue weighted by atomic mass is 32.1. The van der Waals surface area contributed by atoms with Gasteiger partial charge in [0.05, 0.1) is 19.9 Å². The number of nitrogens with one attached hydrogen (secondary N) is 1. The molecule has 0 fully saturated rings. The van der Waals surface area contributed by atoms with Crippen molar-refractivity contribution in [1.29, 1.82) is 0 Å². The maximum atomic E-state index is 6.00. The summed E-state index contributed by atoms with van der Waals surface area (Å²) in [7, 11) is 7.34. The van der Waals surface area contributed by atoms with E-state index in [9.17, 15) is 0 Å². The molecule has 8 heteroatoms. The zero-order valence-corrected chi connectivity index (χ0v) is 20.5. The Morgan fingerprint density at radius 3 is 2.50 bits per heavy atom. The molecular weight excluding hydrogens is 450 g/mol. The average Bonchev–Trinajstić information content (AvgIpc) is 3.54. The number of ether oxygens (including phenoxy) is 3. The van der Waals surface area contributed by atoms with Gasteiger partial charge in [0.2, 0.25) is 0 Å². The van der Waals surface area contributed by atoms with Crippen LogP contribution in [0.3, 0.4) is 0 Å². The van der Waals surface area contributed by atoms with E-state index in [2.05, 4.69) is 21.1 Å². The molecular formula is C26H27N3O4S. The van der Waals surface area contributed by atoms with Gasteiger partial charge < -0.3 is 28.9 Å². The van der Waals surface area contributed by atoms with Crippen LogP contribution < -0.4 is 14.2 Å². The molecule has 176 valence electrons. The van der Waals surface area contributed by atoms with Crippen molar-refractivity contribution in [2.75, 3.05) is 41.5 Å². The van der Waals surface area contributed by atoms with Crippen molar-refractivity contribution >= 4 is 28.0 Å². The lowest BCUT2D eigenvalue weighted by atomic mass is 10.1. The second-order valence-corrected chi connectivity index (χ2v) is 9.31. The van der Waals surface area contributed by atoms with Crippen molar-refractivity contribution in [3.63, 3.8) is 0 Å². The van der Waals surface area contributed by atoms with Crippen molar-refractivity contribution in [2.45, 2.75) is 6.61 Å². The Kier molecular flexibility index (Phi) is 6.17. The number of thiophene rings is 1. The largest absolute Gasteiger partial charge is 0.493 e. The summed E-state index contributed by atoms with van der Waals surface area (Å²) >= 11 is 1.65. The highest BCUT2D eigenvalue weighted by Gasteiger charge is 2.32. The zero-order valence-electron chi connectivity index (χ0n) is 19.7. The first kappa shape index (κ1) is 22.3. The Morgan fingerprint density at radius 2 is 1.79 bits per heavy atom. The van der Waals surface area contributed by atoms with E-state index in [-0.39, 0.29) is 0 Å². The summed E-state index contributed by atoms with van der Waals surface area (Å²) in [4.78, 5) is 12.6. The van der Waals surface area contributed by atoms with Crippen LogP contribution in [0.5, 0.6) is 17.2 Å². The topological polar surface area (TPSA) is 68.3 Å². The van der Waals surface area contributed by atoms with Gasteiger partial charge >= 0.3 is 0 Å². The highest BCUT2D eigenvalue weighted by molar-refractivity contribution is 7.09. The molecule has 5 rings (SSSR count). The van der Waals surface area contributed by atoms with E-state index in [0.717, 1.165) is 56.2 Å².